The van der Waals surface area contributed by atoms with Crippen LogP contribution in [0.4, 0.5) is 0 Å². The van der Waals surface area contributed by atoms with Gasteiger partial charge in [-0.1, -0.05) is 79.7 Å². The van der Waals surface area contributed by atoms with Crippen molar-refractivity contribution in [1.29, 1.82) is 0 Å². The second-order valence-corrected chi connectivity index (χ2v) is 6.36. The lowest BCUT2D eigenvalue weighted by atomic mass is 9.87. The first-order valence-corrected chi connectivity index (χ1v) is 9.17. The lowest BCUT2D eigenvalue weighted by Gasteiger charge is -2.22. The summed E-state index contributed by atoms with van der Waals surface area (Å²) in [6.07, 6.45) is 0.899. The smallest absolute Gasteiger partial charge is 0.341 e. The molecule has 0 unspecified atom stereocenters. The van der Waals surface area contributed by atoms with Crippen LogP contribution in [0.1, 0.15) is 46.3 Å². The molecule has 3 aromatic carbocycles. The van der Waals surface area contributed by atoms with E-state index in [1.54, 1.807) is 6.07 Å². The maximum atomic E-state index is 12.3. The van der Waals surface area contributed by atoms with Crippen LogP contribution in [0.2, 0.25) is 0 Å². The van der Waals surface area contributed by atoms with Crippen LogP contribution in [0.15, 0.2) is 78.9 Å². The van der Waals surface area contributed by atoms with Crippen molar-refractivity contribution >= 4 is 5.97 Å². The Morgan fingerprint density at radius 2 is 1.56 bits per heavy atom. The molecule has 0 radical (unpaired) electrons. The highest BCUT2D eigenvalue weighted by Gasteiger charge is 2.22. The van der Waals surface area contributed by atoms with E-state index in [-0.39, 0.29) is 11.9 Å². The topological polar surface area (TPSA) is 35.5 Å². The van der Waals surface area contributed by atoms with Gasteiger partial charge in [0, 0.05) is 11.5 Å². The van der Waals surface area contributed by atoms with E-state index in [9.17, 15) is 4.79 Å². The molecule has 0 heterocycles. The van der Waals surface area contributed by atoms with Crippen LogP contribution in [-0.4, -0.2) is 13.1 Å². The quantitative estimate of drug-likeness (QED) is 0.515. The lowest BCUT2D eigenvalue weighted by molar-refractivity contribution is 0.0595. The average molecular weight is 360 g/mol. The maximum absolute atomic E-state index is 12.3. The summed E-state index contributed by atoms with van der Waals surface area (Å²) in [5.74, 6) is 0.355. The van der Waals surface area contributed by atoms with E-state index >= 15 is 0 Å². The molecule has 3 aromatic rings. The van der Waals surface area contributed by atoms with Gasteiger partial charge in [-0.05, 0) is 23.6 Å². The number of ether oxygens (including phenoxy) is 2. The van der Waals surface area contributed by atoms with Crippen LogP contribution in [0.3, 0.4) is 0 Å². The van der Waals surface area contributed by atoms with E-state index in [2.05, 4.69) is 19.1 Å². The zero-order valence-corrected chi connectivity index (χ0v) is 15.7. The molecule has 0 aliphatic carbocycles. The molecular formula is C24H24O3. The molecule has 0 saturated heterocycles. The summed E-state index contributed by atoms with van der Waals surface area (Å²) in [7, 11) is 1.39. The standard InChI is InChI=1S/C24H24O3/c1-3-20(19-13-8-5-9-14-19)21-15-10-16-22(24(25)26-2)23(21)27-17-18-11-6-4-7-12-18/h4-16,20H,3,17H2,1-2H3/t20-/m0/s1. The van der Waals surface area contributed by atoms with Gasteiger partial charge in [0.2, 0.25) is 0 Å². The Kier molecular flexibility index (Phi) is 6.26. The van der Waals surface area contributed by atoms with Crippen molar-refractivity contribution in [2.75, 3.05) is 7.11 Å². The van der Waals surface area contributed by atoms with Gasteiger partial charge in [0.05, 0.1) is 7.11 Å². The number of methoxy groups -OCH3 is 1. The minimum absolute atomic E-state index is 0.140. The third kappa shape index (κ3) is 4.37. The highest BCUT2D eigenvalue weighted by atomic mass is 16.5. The average Bonchev–Trinajstić information content (AvgIpc) is 2.74. The van der Waals surface area contributed by atoms with Crippen LogP contribution in [0.25, 0.3) is 0 Å². The van der Waals surface area contributed by atoms with Gasteiger partial charge in [0.25, 0.3) is 0 Å². The van der Waals surface area contributed by atoms with Crippen molar-refractivity contribution < 1.29 is 14.3 Å². The van der Waals surface area contributed by atoms with E-state index < -0.39 is 0 Å². The summed E-state index contributed by atoms with van der Waals surface area (Å²) in [6.45, 7) is 2.54. The molecule has 0 amide bonds. The summed E-state index contributed by atoms with van der Waals surface area (Å²) in [4.78, 5) is 12.3. The molecule has 0 aliphatic heterocycles. The first kappa shape index (κ1) is 18.7. The molecule has 0 saturated carbocycles. The highest BCUT2D eigenvalue weighted by Crippen LogP contribution is 2.37. The van der Waals surface area contributed by atoms with E-state index in [1.165, 1.54) is 12.7 Å². The summed E-state index contributed by atoms with van der Waals surface area (Å²) in [5.41, 5.74) is 3.71. The molecule has 0 N–H and O–H groups in total. The Labute approximate surface area is 160 Å². The van der Waals surface area contributed by atoms with Gasteiger partial charge in [-0.15, -0.1) is 0 Å². The van der Waals surface area contributed by atoms with Gasteiger partial charge in [-0.2, -0.15) is 0 Å². The minimum Gasteiger partial charge on any atom is -0.488 e. The summed E-state index contributed by atoms with van der Waals surface area (Å²) in [5, 5.41) is 0. The normalized spacial score (nSPS) is 11.6. The fourth-order valence-corrected chi connectivity index (χ4v) is 3.31. The van der Waals surface area contributed by atoms with Crippen LogP contribution in [-0.2, 0) is 11.3 Å². The molecule has 3 nitrogen and oxygen atoms in total. The monoisotopic (exact) mass is 360 g/mol. The van der Waals surface area contributed by atoms with Crippen LogP contribution >= 0.6 is 0 Å². The Bertz CT molecular complexity index is 873. The molecule has 0 aliphatic rings. The largest absolute Gasteiger partial charge is 0.488 e. The highest BCUT2D eigenvalue weighted by molar-refractivity contribution is 5.93. The van der Waals surface area contributed by atoms with Crippen molar-refractivity contribution in [3.05, 3.63) is 101 Å². The second kappa shape index (κ2) is 9.04. The molecule has 3 rings (SSSR count). The SMILES string of the molecule is CC[C@@H](c1ccccc1)c1cccc(C(=O)OC)c1OCc1ccccc1. The van der Waals surface area contributed by atoms with Crippen LogP contribution in [0, 0.1) is 0 Å². The Balaban J connectivity index is 2.03. The molecule has 0 fully saturated rings. The predicted molar refractivity (Wildman–Crippen MR) is 107 cm³/mol. The number of carbonyl (C=O) groups is 1. The van der Waals surface area contributed by atoms with Crippen molar-refractivity contribution in [1.82, 2.24) is 0 Å². The summed E-state index contributed by atoms with van der Waals surface area (Å²) < 4.78 is 11.2. The number of para-hydroxylation sites is 1. The summed E-state index contributed by atoms with van der Waals surface area (Å²) >= 11 is 0. The van der Waals surface area contributed by atoms with Gasteiger partial charge in [-0.3, -0.25) is 0 Å². The van der Waals surface area contributed by atoms with Crippen LogP contribution in [0.5, 0.6) is 5.75 Å². The minimum atomic E-state index is -0.386. The van der Waals surface area contributed by atoms with E-state index in [1.807, 2.05) is 60.7 Å². The van der Waals surface area contributed by atoms with Crippen LogP contribution < -0.4 is 4.74 Å². The van der Waals surface area contributed by atoms with E-state index in [4.69, 9.17) is 9.47 Å². The van der Waals surface area contributed by atoms with Crippen molar-refractivity contribution in [3.8, 4) is 5.75 Å². The molecule has 0 aromatic heterocycles. The van der Waals surface area contributed by atoms with Gasteiger partial charge in [0.15, 0.2) is 0 Å². The maximum Gasteiger partial charge on any atom is 0.341 e. The first-order valence-electron chi connectivity index (χ1n) is 9.17. The van der Waals surface area contributed by atoms with E-state index in [0.29, 0.717) is 17.9 Å². The number of hydrogen-bond acceptors (Lipinski definition) is 3. The Morgan fingerprint density at radius 3 is 2.19 bits per heavy atom. The third-order valence-electron chi connectivity index (χ3n) is 4.66. The number of hydrogen-bond donors (Lipinski definition) is 0. The number of rotatable bonds is 7. The molecular weight excluding hydrogens is 336 g/mol. The van der Waals surface area contributed by atoms with Gasteiger partial charge in [-0.25, -0.2) is 4.79 Å². The number of carbonyl (C=O) groups excluding carboxylic acids is 1. The zero-order valence-electron chi connectivity index (χ0n) is 15.7. The van der Waals surface area contributed by atoms with Crippen molar-refractivity contribution in [2.24, 2.45) is 0 Å². The second-order valence-electron chi connectivity index (χ2n) is 6.36. The van der Waals surface area contributed by atoms with Crippen molar-refractivity contribution in [3.63, 3.8) is 0 Å². The Morgan fingerprint density at radius 1 is 0.889 bits per heavy atom. The number of benzene rings is 3. The number of esters is 1. The summed E-state index contributed by atoms with van der Waals surface area (Å²) in [6, 6.07) is 25.9. The zero-order chi connectivity index (χ0) is 19.1. The first-order chi connectivity index (χ1) is 13.2. The van der Waals surface area contributed by atoms with Gasteiger partial charge in [0.1, 0.15) is 17.9 Å². The fourth-order valence-electron chi connectivity index (χ4n) is 3.31. The predicted octanol–water partition coefficient (Wildman–Crippen LogP) is 5.59. The van der Waals surface area contributed by atoms with Gasteiger partial charge >= 0.3 is 5.97 Å². The van der Waals surface area contributed by atoms with E-state index in [0.717, 1.165) is 17.5 Å². The van der Waals surface area contributed by atoms with Crippen molar-refractivity contribution in [2.45, 2.75) is 25.9 Å². The molecule has 138 valence electrons. The fraction of sp³-hybridized carbons (Fsp3) is 0.208. The van der Waals surface area contributed by atoms with Gasteiger partial charge < -0.3 is 9.47 Å². The molecule has 3 heteroatoms. The Hall–Kier alpha value is -3.07. The third-order valence-corrected chi connectivity index (χ3v) is 4.66. The molecule has 27 heavy (non-hydrogen) atoms. The molecule has 0 spiro atoms. The molecule has 1 atom stereocenters. The molecule has 0 bridgehead atoms. The lowest BCUT2D eigenvalue weighted by Crippen LogP contribution is -2.11.